The summed E-state index contributed by atoms with van der Waals surface area (Å²) >= 11 is 1.56. The van der Waals surface area contributed by atoms with Crippen molar-refractivity contribution in [2.45, 2.75) is 31.0 Å². The van der Waals surface area contributed by atoms with Gasteiger partial charge in [-0.25, -0.2) is 4.98 Å². The number of hydrogen-bond donors (Lipinski definition) is 2. The predicted octanol–water partition coefficient (Wildman–Crippen LogP) is 2.28. The average molecular weight is 417 g/mol. The second-order valence-corrected chi connectivity index (χ2v) is 8.48. The number of nitrogens with zero attached hydrogens (tertiary/aromatic N) is 3. The van der Waals surface area contributed by atoms with Crippen molar-refractivity contribution in [2.75, 3.05) is 38.3 Å². The molecule has 3 unspecified atom stereocenters. The van der Waals surface area contributed by atoms with Crippen LogP contribution in [0.25, 0.3) is 21.7 Å². The summed E-state index contributed by atoms with van der Waals surface area (Å²) in [5.41, 5.74) is 2.22. The van der Waals surface area contributed by atoms with Crippen LogP contribution in [-0.4, -0.2) is 66.7 Å². The van der Waals surface area contributed by atoms with Gasteiger partial charge in [0.1, 0.15) is 23.5 Å². The second-order valence-electron chi connectivity index (χ2n) is 7.59. The molecule has 0 saturated carbocycles. The van der Waals surface area contributed by atoms with Gasteiger partial charge in [0, 0.05) is 43.9 Å². The molecular formula is C20H24N4O4S. The number of thiazole rings is 1. The second kappa shape index (κ2) is 7.91. The minimum atomic E-state index is -0.705. The van der Waals surface area contributed by atoms with E-state index in [2.05, 4.69) is 15.2 Å². The van der Waals surface area contributed by atoms with Crippen LogP contribution in [0.2, 0.25) is 0 Å². The Balaban J connectivity index is 1.50. The first-order chi connectivity index (χ1) is 14.2. The minimum Gasteiger partial charge on any atom is -0.488 e. The first kappa shape index (κ1) is 18.8. The van der Waals surface area contributed by atoms with E-state index < -0.39 is 6.10 Å². The summed E-state index contributed by atoms with van der Waals surface area (Å²) in [4.78, 5) is 11.4. The van der Waals surface area contributed by atoms with E-state index in [1.54, 1.807) is 24.6 Å². The summed E-state index contributed by atoms with van der Waals surface area (Å²) < 4.78 is 17.1. The third-order valence-corrected chi connectivity index (χ3v) is 6.24. The summed E-state index contributed by atoms with van der Waals surface area (Å²) in [5, 5.41) is 16.4. The van der Waals surface area contributed by atoms with Gasteiger partial charge in [-0.3, -0.25) is 0 Å². The first-order valence-electron chi connectivity index (χ1n) is 9.85. The van der Waals surface area contributed by atoms with Crippen LogP contribution in [0.15, 0.2) is 28.1 Å². The zero-order valence-electron chi connectivity index (χ0n) is 16.2. The fraction of sp³-hybridized carbons (Fsp3) is 0.500. The molecule has 3 aromatic rings. The Kier molecular flexibility index (Phi) is 5.13. The summed E-state index contributed by atoms with van der Waals surface area (Å²) in [6, 6.07) is 5.40. The van der Waals surface area contributed by atoms with E-state index in [-0.39, 0.29) is 13.2 Å². The summed E-state index contributed by atoms with van der Waals surface area (Å²) in [5.74, 6) is 0.587. The van der Waals surface area contributed by atoms with Crippen LogP contribution in [0.4, 0.5) is 6.01 Å². The highest BCUT2D eigenvalue weighted by molar-refractivity contribution is 7.13. The molecular weight excluding hydrogens is 392 g/mol. The lowest BCUT2D eigenvalue weighted by Crippen LogP contribution is -2.51. The molecule has 2 aromatic heterocycles. The molecule has 2 N–H and O–H groups in total. The van der Waals surface area contributed by atoms with Gasteiger partial charge in [-0.05, 0) is 25.0 Å². The number of aliphatic hydroxyl groups is 1. The van der Waals surface area contributed by atoms with Crippen molar-refractivity contribution in [3.05, 3.63) is 23.7 Å². The number of oxazole rings is 1. The third-order valence-electron chi connectivity index (χ3n) is 5.44. The maximum atomic E-state index is 9.94. The molecule has 3 atom stereocenters. The monoisotopic (exact) mass is 416 g/mol. The average Bonchev–Trinajstić information content (AvgIpc) is 3.46. The van der Waals surface area contributed by atoms with Gasteiger partial charge < -0.3 is 29.2 Å². The number of benzene rings is 1. The molecule has 2 aliphatic heterocycles. The van der Waals surface area contributed by atoms with E-state index in [0.717, 1.165) is 23.7 Å². The number of anilines is 1. The van der Waals surface area contributed by atoms with Crippen molar-refractivity contribution < 1.29 is 19.0 Å². The number of piperazine rings is 1. The normalized spacial score (nSPS) is 22.3. The Bertz CT molecular complexity index is 964. The number of ether oxygens (including phenoxy) is 2. The van der Waals surface area contributed by atoms with Crippen molar-refractivity contribution >= 4 is 28.5 Å². The standard InChI is InChI=1S/C20H24N4O4S/c1-26-10-14(25)11-27-16-5-4-15(19-21-6-7-29-19)18-17(16)23-20(28-18)24-8-12-2-3-13(9-24)22-12/h4-7,12-14,22,25H,2-3,8-11H2,1H3. The van der Waals surface area contributed by atoms with Crippen molar-refractivity contribution in [2.24, 2.45) is 0 Å². The molecule has 0 aliphatic carbocycles. The van der Waals surface area contributed by atoms with Crippen molar-refractivity contribution in [3.63, 3.8) is 0 Å². The minimum absolute atomic E-state index is 0.125. The first-order valence-corrected chi connectivity index (χ1v) is 10.7. The third kappa shape index (κ3) is 3.71. The predicted molar refractivity (Wildman–Crippen MR) is 111 cm³/mol. The molecule has 5 rings (SSSR count). The van der Waals surface area contributed by atoms with Gasteiger partial charge in [0.2, 0.25) is 0 Å². The maximum absolute atomic E-state index is 9.94. The van der Waals surface area contributed by atoms with E-state index >= 15 is 0 Å². The highest BCUT2D eigenvalue weighted by Gasteiger charge is 2.34. The number of hydrogen-bond acceptors (Lipinski definition) is 9. The zero-order valence-corrected chi connectivity index (χ0v) is 17.0. The smallest absolute Gasteiger partial charge is 0.298 e. The lowest BCUT2D eigenvalue weighted by atomic mass is 10.2. The largest absolute Gasteiger partial charge is 0.488 e. The Morgan fingerprint density at radius 3 is 2.86 bits per heavy atom. The number of rotatable bonds is 7. The fourth-order valence-corrected chi connectivity index (χ4v) is 4.79. The van der Waals surface area contributed by atoms with E-state index in [9.17, 15) is 5.11 Å². The van der Waals surface area contributed by atoms with Crippen LogP contribution in [0, 0.1) is 0 Å². The van der Waals surface area contributed by atoms with Crippen LogP contribution in [0.5, 0.6) is 5.75 Å². The van der Waals surface area contributed by atoms with Crippen molar-refractivity contribution in [1.82, 2.24) is 15.3 Å². The van der Waals surface area contributed by atoms with E-state index in [1.807, 2.05) is 17.5 Å². The van der Waals surface area contributed by atoms with Crippen LogP contribution >= 0.6 is 11.3 Å². The van der Waals surface area contributed by atoms with Crippen LogP contribution in [-0.2, 0) is 4.74 Å². The van der Waals surface area contributed by atoms with Gasteiger partial charge in [0.05, 0.1) is 12.2 Å². The molecule has 2 fully saturated rings. The highest BCUT2D eigenvalue weighted by atomic mass is 32.1. The highest BCUT2D eigenvalue weighted by Crippen LogP contribution is 2.38. The molecule has 1 aromatic carbocycles. The number of methoxy groups -OCH3 is 1. The van der Waals surface area contributed by atoms with Crippen LogP contribution in [0.3, 0.4) is 0 Å². The number of nitrogens with one attached hydrogen (secondary N) is 1. The van der Waals surface area contributed by atoms with Gasteiger partial charge in [-0.2, -0.15) is 4.98 Å². The maximum Gasteiger partial charge on any atom is 0.298 e. The van der Waals surface area contributed by atoms with Gasteiger partial charge in [0.25, 0.3) is 6.01 Å². The molecule has 2 aliphatic rings. The lowest BCUT2D eigenvalue weighted by molar-refractivity contribution is 0.0329. The Labute approximate surface area is 172 Å². The van der Waals surface area contributed by atoms with Gasteiger partial charge in [0.15, 0.2) is 11.1 Å². The van der Waals surface area contributed by atoms with Crippen LogP contribution in [0.1, 0.15) is 12.8 Å². The topological polar surface area (TPSA) is 92.9 Å². The van der Waals surface area contributed by atoms with Crippen LogP contribution < -0.4 is 15.0 Å². The summed E-state index contributed by atoms with van der Waals surface area (Å²) in [6.07, 6.45) is 3.46. The molecule has 154 valence electrons. The molecule has 2 saturated heterocycles. The Morgan fingerprint density at radius 2 is 2.14 bits per heavy atom. The van der Waals surface area contributed by atoms with E-state index in [4.69, 9.17) is 18.9 Å². The fourth-order valence-electron chi connectivity index (χ4n) is 4.13. The number of aromatic nitrogens is 2. The van der Waals surface area contributed by atoms with Gasteiger partial charge in [-0.1, -0.05) is 0 Å². The van der Waals surface area contributed by atoms with Crippen molar-refractivity contribution in [3.8, 4) is 16.3 Å². The van der Waals surface area contributed by atoms with Gasteiger partial charge in [-0.15, -0.1) is 11.3 Å². The van der Waals surface area contributed by atoms with E-state index in [0.29, 0.717) is 34.9 Å². The molecule has 8 nitrogen and oxygen atoms in total. The molecule has 29 heavy (non-hydrogen) atoms. The molecule has 4 heterocycles. The molecule has 0 amide bonds. The molecule has 2 bridgehead atoms. The van der Waals surface area contributed by atoms with Gasteiger partial charge >= 0.3 is 0 Å². The summed E-state index contributed by atoms with van der Waals surface area (Å²) in [7, 11) is 1.55. The number of aliphatic hydroxyl groups excluding tert-OH is 1. The lowest BCUT2D eigenvalue weighted by Gasteiger charge is -2.31. The Morgan fingerprint density at radius 1 is 1.31 bits per heavy atom. The summed E-state index contributed by atoms with van der Waals surface area (Å²) in [6.45, 7) is 2.12. The zero-order chi connectivity index (χ0) is 19.8. The molecule has 0 radical (unpaired) electrons. The van der Waals surface area contributed by atoms with E-state index in [1.165, 1.54) is 12.8 Å². The number of fused-ring (bicyclic) bond motifs is 3. The SMILES string of the molecule is COCC(O)COc1ccc(-c2nccs2)c2oc(N3CC4CCC(C3)N4)nc12. The Hall–Kier alpha value is -2.20. The molecule has 9 heteroatoms. The quantitative estimate of drug-likeness (QED) is 0.606. The molecule has 0 spiro atoms. The van der Waals surface area contributed by atoms with Crippen molar-refractivity contribution in [1.29, 1.82) is 0 Å².